The number of carbonyl (C=O) groups is 1. The Morgan fingerprint density at radius 2 is 2.26 bits per heavy atom. The third kappa shape index (κ3) is 3.34. The van der Waals surface area contributed by atoms with E-state index >= 15 is 0 Å². The second-order valence-corrected chi connectivity index (χ2v) is 7.47. The molecular formula is C12H17NO5S. The van der Waals surface area contributed by atoms with Gasteiger partial charge in [-0.25, -0.2) is 13.2 Å². The zero-order valence-corrected chi connectivity index (χ0v) is 11.5. The summed E-state index contributed by atoms with van der Waals surface area (Å²) >= 11 is 0. The molecule has 106 valence electrons. The molecule has 1 aliphatic carbocycles. The average molecular weight is 287 g/mol. The Morgan fingerprint density at radius 1 is 1.53 bits per heavy atom. The molecule has 0 radical (unpaired) electrons. The maximum Gasteiger partial charge on any atom is 0.358 e. The molecule has 1 aliphatic rings. The zero-order chi connectivity index (χ0) is 14.0. The summed E-state index contributed by atoms with van der Waals surface area (Å²) in [7, 11) is -3.31. The number of hydrogen-bond donors (Lipinski definition) is 1. The van der Waals surface area contributed by atoms with Crippen molar-refractivity contribution in [3.8, 4) is 0 Å². The summed E-state index contributed by atoms with van der Waals surface area (Å²) in [6.45, 7) is 2.05. The van der Waals surface area contributed by atoms with Crippen LogP contribution >= 0.6 is 0 Å². The van der Waals surface area contributed by atoms with Gasteiger partial charge in [0.05, 0.1) is 5.25 Å². The van der Waals surface area contributed by atoms with Gasteiger partial charge in [-0.15, -0.1) is 0 Å². The fraction of sp³-hybridized carbons (Fsp3) is 0.667. The molecule has 1 aromatic heterocycles. The average Bonchev–Trinajstić information content (AvgIpc) is 2.77. The summed E-state index contributed by atoms with van der Waals surface area (Å²) in [5.41, 5.74) is -0.262. The molecule has 2 rings (SSSR count). The minimum atomic E-state index is -3.31. The molecule has 0 amide bonds. The van der Waals surface area contributed by atoms with Crippen molar-refractivity contribution >= 4 is 15.8 Å². The standard InChI is InChI=1S/C12H17NO5S/c1-8-3-2-4-10(5-8)19(16,17)7-9-6-11(12(14)15)13-18-9/h6,8,10H,2-5,7H2,1H3,(H,14,15). The maximum absolute atomic E-state index is 12.2. The van der Waals surface area contributed by atoms with Crippen molar-refractivity contribution in [1.82, 2.24) is 5.16 Å². The van der Waals surface area contributed by atoms with Gasteiger partial charge < -0.3 is 9.63 Å². The van der Waals surface area contributed by atoms with Gasteiger partial charge in [-0.2, -0.15) is 0 Å². The number of aromatic carboxylic acids is 1. The molecule has 19 heavy (non-hydrogen) atoms. The third-order valence-corrected chi connectivity index (χ3v) is 5.65. The predicted molar refractivity (Wildman–Crippen MR) is 67.5 cm³/mol. The molecule has 1 N–H and O–H groups in total. The molecule has 2 atom stereocenters. The lowest BCUT2D eigenvalue weighted by Crippen LogP contribution is -2.28. The SMILES string of the molecule is CC1CCCC(S(=O)(=O)Cc2cc(C(=O)O)no2)C1. The molecular weight excluding hydrogens is 270 g/mol. The molecule has 2 unspecified atom stereocenters. The fourth-order valence-electron chi connectivity index (χ4n) is 2.50. The van der Waals surface area contributed by atoms with E-state index in [1.54, 1.807) is 0 Å². The Morgan fingerprint density at radius 3 is 2.84 bits per heavy atom. The first-order valence-corrected chi connectivity index (χ1v) is 8.00. The number of aromatic nitrogens is 1. The highest BCUT2D eigenvalue weighted by atomic mass is 32.2. The second-order valence-electron chi connectivity index (χ2n) is 5.18. The van der Waals surface area contributed by atoms with Crippen LogP contribution in [0.1, 0.15) is 48.9 Å². The van der Waals surface area contributed by atoms with Crippen LogP contribution < -0.4 is 0 Å². The van der Waals surface area contributed by atoms with Gasteiger partial charge in [0.1, 0.15) is 5.75 Å². The summed E-state index contributed by atoms with van der Waals surface area (Å²) in [5, 5.41) is 11.7. The Kier molecular flexibility index (Phi) is 3.93. The van der Waals surface area contributed by atoms with Crippen molar-refractivity contribution in [2.45, 2.75) is 43.6 Å². The molecule has 6 nitrogen and oxygen atoms in total. The molecule has 1 heterocycles. The third-order valence-electron chi connectivity index (χ3n) is 3.52. The van der Waals surface area contributed by atoms with Gasteiger partial charge in [-0.05, 0) is 18.8 Å². The summed E-state index contributed by atoms with van der Waals surface area (Å²) in [5.74, 6) is -0.989. The lowest BCUT2D eigenvalue weighted by Gasteiger charge is -2.26. The van der Waals surface area contributed by atoms with E-state index in [4.69, 9.17) is 9.63 Å². The van der Waals surface area contributed by atoms with Crippen molar-refractivity contribution in [1.29, 1.82) is 0 Å². The number of carboxylic acid groups (broad SMARTS) is 1. The summed E-state index contributed by atoms with van der Waals surface area (Å²) in [6.07, 6.45) is 3.33. The van der Waals surface area contributed by atoms with Gasteiger partial charge in [0.15, 0.2) is 21.3 Å². The monoisotopic (exact) mass is 287 g/mol. The van der Waals surface area contributed by atoms with E-state index in [-0.39, 0.29) is 22.5 Å². The van der Waals surface area contributed by atoms with Crippen molar-refractivity contribution in [2.24, 2.45) is 5.92 Å². The molecule has 1 fully saturated rings. The van der Waals surface area contributed by atoms with Gasteiger partial charge in [-0.3, -0.25) is 0 Å². The Labute approximate surface area is 111 Å². The van der Waals surface area contributed by atoms with Gasteiger partial charge in [0.25, 0.3) is 0 Å². The molecule has 0 aliphatic heterocycles. The molecule has 0 spiro atoms. The van der Waals surface area contributed by atoms with Crippen LogP contribution in [-0.2, 0) is 15.6 Å². The Bertz CT molecular complexity index is 562. The van der Waals surface area contributed by atoms with Gasteiger partial charge in [0, 0.05) is 6.07 Å². The number of nitrogens with zero attached hydrogens (tertiary/aromatic N) is 1. The van der Waals surface area contributed by atoms with Crippen LogP contribution in [0.4, 0.5) is 0 Å². The quantitative estimate of drug-likeness (QED) is 0.907. The lowest BCUT2D eigenvalue weighted by molar-refractivity contribution is 0.0685. The van der Waals surface area contributed by atoms with E-state index in [1.165, 1.54) is 6.07 Å². The molecule has 7 heteroatoms. The number of hydrogen-bond acceptors (Lipinski definition) is 5. The van der Waals surface area contributed by atoms with Crippen molar-refractivity contribution in [3.05, 3.63) is 17.5 Å². The van der Waals surface area contributed by atoms with Crippen molar-refractivity contribution < 1.29 is 22.8 Å². The first kappa shape index (κ1) is 14.0. The number of rotatable bonds is 4. The van der Waals surface area contributed by atoms with E-state index < -0.39 is 15.8 Å². The van der Waals surface area contributed by atoms with Gasteiger partial charge in [-0.1, -0.05) is 24.9 Å². The summed E-state index contributed by atoms with van der Waals surface area (Å²) < 4.78 is 29.3. The number of carboxylic acids is 1. The van der Waals surface area contributed by atoms with Crippen LogP contribution in [0, 0.1) is 5.92 Å². The largest absolute Gasteiger partial charge is 0.476 e. The highest BCUT2D eigenvalue weighted by Crippen LogP contribution is 2.30. The van der Waals surface area contributed by atoms with Crippen LogP contribution in [0.2, 0.25) is 0 Å². The van der Waals surface area contributed by atoms with E-state index in [2.05, 4.69) is 12.1 Å². The topological polar surface area (TPSA) is 97.5 Å². The number of sulfone groups is 1. The van der Waals surface area contributed by atoms with Gasteiger partial charge in [0.2, 0.25) is 0 Å². The minimum Gasteiger partial charge on any atom is -0.476 e. The van der Waals surface area contributed by atoms with E-state index in [0.29, 0.717) is 18.8 Å². The maximum atomic E-state index is 12.2. The molecule has 1 saturated carbocycles. The van der Waals surface area contributed by atoms with Crippen LogP contribution in [0.5, 0.6) is 0 Å². The first-order valence-electron chi connectivity index (χ1n) is 6.29. The summed E-state index contributed by atoms with van der Waals surface area (Å²) in [6, 6.07) is 1.17. The lowest BCUT2D eigenvalue weighted by atomic mass is 9.91. The summed E-state index contributed by atoms with van der Waals surface area (Å²) in [4.78, 5) is 10.7. The van der Waals surface area contributed by atoms with E-state index in [0.717, 1.165) is 12.8 Å². The highest BCUT2D eigenvalue weighted by Gasteiger charge is 2.31. The normalized spacial score (nSPS) is 24.3. The molecule has 0 aromatic carbocycles. The van der Waals surface area contributed by atoms with Crippen LogP contribution in [0.3, 0.4) is 0 Å². The Balaban J connectivity index is 2.09. The first-order chi connectivity index (χ1) is 8.88. The van der Waals surface area contributed by atoms with Crippen LogP contribution in [0.25, 0.3) is 0 Å². The predicted octanol–water partition coefficient (Wildman–Crippen LogP) is 1.87. The van der Waals surface area contributed by atoms with Crippen molar-refractivity contribution in [3.63, 3.8) is 0 Å². The zero-order valence-electron chi connectivity index (χ0n) is 10.7. The van der Waals surface area contributed by atoms with Crippen molar-refractivity contribution in [2.75, 3.05) is 0 Å². The smallest absolute Gasteiger partial charge is 0.358 e. The molecule has 1 aromatic rings. The highest BCUT2D eigenvalue weighted by molar-refractivity contribution is 7.91. The van der Waals surface area contributed by atoms with E-state index in [9.17, 15) is 13.2 Å². The van der Waals surface area contributed by atoms with Crippen LogP contribution in [-0.4, -0.2) is 29.9 Å². The minimum absolute atomic E-state index is 0.0932. The molecule has 0 bridgehead atoms. The molecule has 0 saturated heterocycles. The fourth-order valence-corrected chi connectivity index (χ4v) is 4.42. The van der Waals surface area contributed by atoms with Gasteiger partial charge >= 0.3 is 5.97 Å². The van der Waals surface area contributed by atoms with Crippen LogP contribution in [0.15, 0.2) is 10.6 Å². The second kappa shape index (κ2) is 5.32. The Hall–Kier alpha value is -1.37. The van der Waals surface area contributed by atoms with E-state index in [1.807, 2.05) is 0 Å².